The van der Waals surface area contributed by atoms with Crippen LogP contribution in [0.2, 0.25) is 0 Å². The van der Waals surface area contributed by atoms with Crippen molar-refractivity contribution in [1.29, 1.82) is 0 Å². The number of carbonyl (C=O) groups is 1. The summed E-state index contributed by atoms with van der Waals surface area (Å²) >= 11 is 1.39. The van der Waals surface area contributed by atoms with E-state index in [1.54, 1.807) is 13.2 Å². The van der Waals surface area contributed by atoms with E-state index in [0.717, 1.165) is 17.1 Å². The minimum absolute atomic E-state index is 0.150. The average molecular weight is 276 g/mol. The molecule has 0 spiro atoms. The van der Waals surface area contributed by atoms with Crippen LogP contribution >= 0.6 is 11.3 Å². The third-order valence-corrected chi connectivity index (χ3v) is 3.96. The summed E-state index contributed by atoms with van der Waals surface area (Å²) in [5.41, 5.74) is 7.48. The SMILES string of the molecule is CNC(=O)c1sc(N(C)Cc2cccnc2)cc1N. The van der Waals surface area contributed by atoms with E-state index >= 15 is 0 Å². The summed E-state index contributed by atoms with van der Waals surface area (Å²) in [6, 6.07) is 5.74. The summed E-state index contributed by atoms with van der Waals surface area (Å²) in [5.74, 6) is -0.150. The number of hydrogen-bond donors (Lipinski definition) is 2. The Morgan fingerprint density at radius 2 is 2.37 bits per heavy atom. The van der Waals surface area contributed by atoms with Crippen LogP contribution in [-0.4, -0.2) is 25.0 Å². The summed E-state index contributed by atoms with van der Waals surface area (Å²) in [6.07, 6.45) is 3.57. The number of carbonyl (C=O) groups excluding carboxylic acids is 1. The standard InChI is InChI=1S/C13H16N4OS/c1-15-13(18)12-10(14)6-11(19-12)17(2)8-9-4-3-5-16-7-9/h3-7H,8,14H2,1-2H3,(H,15,18). The fourth-order valence-corrected chi connectivity index (χ4v) is 2.70. The molecule has 0 saturated carbocycles. The predicted molar refractivity (Wildman–Crippen MR) is 78.5 cm³/mol. The molecule has 3 N–H and O–H groups in total. The van der Waals surface area contributed by atoms with Gasteiger partial charge in [-0.25, -0.2) is 0 Å². The van der Waals surface area contributed by atoms with Crippen molar-refractivity contribution in [2.24, 2.45) is 0 Å². The molecule has 0 aliphatic heterocycles. The van der Waals surface area contributed by atoms with E-state index in [1.165, 1.54) is 11.3 Å². The fourth-order valence-electron chi connectivity index (χ4n) is 1.71. The van der Waals surface area contributed by atoms with Crippen LogP contribution in [0.3, 0.4) is 0 Å². The summed E-state index contributed by atoms with van der Waals surface area (Å²) < 4.78 is 0. The molecule has 5 nitrogen and oxygen atoms in total. The number of nitrogens with one attached hydrogen (secondary N) is 1. The molecule has 1 amide bonds. The van der Waals surface area contributed by atoms with Crippen LogP contribution in [0.1, 0.15) is 15.2 Å². The first-order valence-electron chi connectivity index (χ1n) is 5.83. The molecule has 0 unspecified atom stereocenters. The van der Waals surface area contributed by atoms with Crippen molar-refractivity contribution >= 4 is 27.9 Å². The molecule has 19 heavy (non-hydrogen) atoms. The maximum absolute atomic E-state index is 11.6. The quantitative estimate of drug-likeness (QED) is 0.892. The van der Waals surface area contributed by atoms with Gasteiger partial charge in [0.25, 0.3) is 5.91 Å². The first-order chi connectivity index (χ1) is 9.11. The Hall–Kier alpha value is -2.08. The normalized spacial score (nSPS) is 10.2. The molecule has 2 heterocycles. The fraction of sp³-hybridized carbons (Fsp3) is 0.231. The van der Waals surface area contributed by atoms with Crippen LogP contribution in [-0.2, 0) is 6.54 Å². The second-order valence-corrected chi connectivity index (χ2v) is 5.20. The smallest absolute Gasteiger partial charge is 0.263 e. The molecule has 100 valence electrons. The molecule has 0 radical (unpaired) electrons. The van der Waals surface area contributed by atoms with E-state index in [2.05, 4.69) is 10.3 Å². The summed E-state index contributed by atoms with van der Waals surface area (Å²) in [6.45, 7) is 0.723. The molecule has 0 fully saturated rings. The molecular formula is C13H16N4OS. The van der Waals surface area contributed by atoms with Gasteiger partial charge in [0.2, 0.25) is 0 Å². The highest BCUT2D eigenvalue weighted by Crippen LogP contribution is 2.32. The first-order valence-corrected chi connectivity index (χ1v) is 6.65. The van der Waals surface area contributed by atoms with Gasteiger partial charge >= 0.3 is 0 Å². The van der Waals surface area contributed by atoms with E-state index < -0.39 is 0 Å². The highest BCUT2D eigenvalue weighted by molar-refractivity contribution is 7.18. The first kappa shape index (κ1) is 13.4. The molecule has 2 aromatic rings. The molecular weight excluding hydrogens is 260 g/mol. The van der Waals surface area contributed by atoms with Gasteiger partial charge in [0.15, 0.2) is 0 Å². The van der Waals surface area contributed by atoms with Crippen molar-refractivity contribution in [3.05, 3.63) is 41.0 Å². The van der Waals surface area contributed by atoms with Crippen molar-refractivity contribution < 1.29 is 4.79 Å². The van der Waals surface area contributed by atoms with Gasteiger partial charge in [0.1, 0.15) is 4.88 Å². The number of rotatable bonds is 4. The Bertz CT molecular complexity index is 567. The van der Waals surface area contributed by atoms with E-state index in [0.29, 0.717) is 10.6 Å². The second-order valence-electron chi connectivity index (χ2n) is 4.17. The van der Waals surface area contributed by atoms with Gasteiger partial charge in [-0.05, 0) is 17.7 Å². The zero-order valence-electron chi connectivity index (χ0n) is 10.9. The predicted octanol–water partition coefficient (Wildman–Crippen LogP) is 1.72. The number of nitrogen functional groups attached to an aromatic ring is 1. The topological polar surface area (TPSA) is 71.2 Å². The van der Waals surface area contributed by atoms with Crippen molar-refractivity contribution in [2.75, 3.05) is 24.7 Å². The lowest BCUT2D eigenvalue weighted by atomic mass is 10.3. The molecule has 2 rings (SSSR count). The monoisotopic (exact) mass is 276 g/mol. The Balaban J connectivity index is 2.16. The average Bonchev–Trinajstić information content (AvgIpc) is 2.81. The van der Waals surface area contributed by atoms with Gasteiger partial charge < -0.3 is 16.0 Å². The molecule has 2 aromatic heterocycles. The Morgan fingerprint density at radius 1 is 1.58 bits per heavy atom. The lowest BCUT2D eigenvalue weighted by Crippen LogP contribution is -2.17. The largest absolute Gasteiger partial charge is 0.397 e. The summed E-state index contributed by atoms with van der Waals surface area (Å²) in [5, 5.41) is 3.55. The number of thiophene rings is 1. The lowest BCUT2D eigenvalue weighted by Gasteiger charge is -2.16. The highest BCUT2D eigenvalue weighted by atomic mass is 32.1. The molecule has 0 aromatic carbocycles. The van der Waals surface area contributed by atoms with Crippen LogP contribution < -0.4 is 16.0 Å². The van der Waals surface area contributed by atoms with Crippen LogP contribution in [0.15, 0.2) is 30.6 Å². The van der Waals surface area contributed by atoms with Crippen LogP contribution in [0, 0.1) is 0 Å². The highest BCUT2D eigenvalue weighted by Gasteiger charge is 2.15. The zero-order valence-corrected chi connectivity index (χ0v) is 11.7. The third-order valence-electron chi connectivity index (χ3n) is 2.70. The maximum atomic E-state index is 11.6. The van der Waals surface area contributed by atoms with Crippen molar-refractivity contribution in [2.45, 2.75) is 6.54 Å². The molecule has 0 aliphatic carbocycles. The molecule has 0 aliphatic rings. The van der Waals surface area contributed by atoms with E-state index in [4.69, 9.17) is 5.73 Å². The Kier molecular flexibility index (Phi) is 4.01. The second kappa shape index (κ2) is 5.71. The van der Waals surface area contributed by atoms with Gasteiger partial charge in [-0.2, -0.15) is 0 Å². The number of amides is 1. The van der Waals surface area contributed by atoms with Crippen molar-refractivity contribution in [3.63, 3.8) is 0 Å². The number of anilines is 2. The number of hydrogen-bond acceptors (Lipinski definition) is 5. The van der Waals surface area contributed by atoms with E-state index in [1.807, 2.05) is 36.3 Å². The molecule has 0 saturated heterocycles. The maximum Gasteiger partial charge on any atom is 0.263 e. The number of pyridine rings is 1. The minimum atomic E-state index is -0.150. The third kappa shape index (κ3) is 3.03. The number of nitrogens with zero attached hydrogens (tertiary/aromatic N) is 2. The lowest BCUT2D eigenvalue weighted by molar-refractivity contribution is 0.0968. The number of nitrogens with two attached hydrogens (primary N) is 1. The summed E-state index contributed by atoms with van der Waals surface area (Å²) in [4.78, 5) is 18.3. The van der Waals surface area contributed by atoms with Crippen LogP contribution in [0.5, 0.6) is 0 Å². The van der Waals surface area contributed by atoms with E-state index in [9.17, 15) is 4.79 Å². The van der Waals surface area contributed by atoms with Crippen molar-refractivity contribution in [3.8, 4) is 0 Å². The Labute approximate surface area is 116 Å². The Morgan fingerprint density at radius 3 is 3.00 bits per heavy atom. The minimum Gasteiger partial charge on any atom is -0.397 e. The van der Waals surface area contributed by atoms with Gasteiger partial charge in [-0.15, -0.1) is 11.3 Å². The van der Waals surface area contributed by atoms with Crippen molar-refractivity contribution in [1.82, 2.24) is 10.3 Å². The van der Waals surface area contributed by atoms with Crippen LogP contribution in [0.25, 0.3) is 0 Å². The van der Waals surface area contributed by atoms with Gasteiger partial charge in [-0.1, -0.05) is 6.07 Å². The molecule has 0 bridgehead atoms. The summed E-state index contributed by atoms with van der Waals surface area (Å²) in [7, 11) is 3.56. The van der Waals surface area contributed by atoms with Gasteiger partial charge in [-0.3, -0.25) is 9.78 Å². The molecule has 6 heteroatoms. The zero-order chi connectivity index (χ0) is 13.8. The van der Waals surface area contributed by atoms with E-state index in [-0.39, 0.29) is 5.91 Å². The van der Waals surface area contributed by atoms with Gasteiger partial charge in [0, 0.05) is 33.0 Å². The van der Waals surface area contributed by atoms with Crippen LogP contribution in [0.4, 0.5) is 10.7 Å². The van der Waals surface area contributed by atoms with Gasteiger partial charge in [0.05, 0.1) is 10.7 Å². The number of aromatic nitrogens is 1. The molecule has 0 atom stereocenters.